The van der Waals surface area contributed by atoms with Gasteiger partial charge in [0.15, 0.2) is 23.4 Å². The van der Waals surface area contributed by atoms with Crippen LogP contribution in [-0.4, -0.2) is 45.8 Å². The Morgan fingerprint density at radius 3 is 2.86 bits per heavy atom. The van der Waals surface area contributed by atoms with Crippen LogP contribution >= 0.6 is 11.8 Å². The third kappa shape index (κ3) is 4.49. The number of fused-ring (bicyclic) bond motifs is 1. The molecular weight excluding hydrogens is 476 g/mol. The van der Waals surface area contributed by atoms with Gasteiger partial charge in [-0.2, -0.15) is 0 Å². The van der Waals surface area contributed by atoms with Crippen molar-refractivity contribution in [1.29, 1.82) is 0 Å². The maximum Gasteiger partial charge on any atom is 0.338 e. The number of rotatable bonds is 7. The first-order valence-corrected chi connectivity index (χ1v) is 11.8. The molecule has 2 atom stereocenters. The van der Waals surface area contributed by atoms with Crippen LogP contribution in [0.4, 0.5) is 4.79 Å². The number of urea groups is 1. The fourth-order valence-corrected chi connectivity index (χ4v) is 4.57. The van der Waals surface area contributed by atoms with Crippen LogP contribution in [0.25, 0.3) is 0 Å². The molecule has 5 rings (SSSR count). The normalized spacial score (nSPS) is 19.2. The zero-order valence-corrected chi connectivity index (χ0v) is 19.4. The highest BCUT2D eigenvalue weighted by atomic mass is 32.2. The van der Waals surface area contributed by atoms with Gasteiger partial charge in [-0.1, -0.05) is 23.9 Å². The highest BCUT2D eigenvalue weighted by Gasteiger charge is 2.35. The second kappa shape index (κ2) is 9.62. The summed E-state index contributed by atoms with van der Waals surface area (Å²) in [5.74, 6) is 7.87. The maximum absolute atomic E-state index is 12.8. The topological polar surface area (TPSA) is 156 Å². The summed E-state index contributed by atoms with van der Waals surface area (Å²) in [6.07, 6.45) is 0.919. The molecule has 0 unspecified atom stereocenters. The summed E-state index contributed by atoms with van der Waals surface area (Å²) in [5.41, 5.74) is 0.590. The predicted molar refractivity (Wildman–Crippen MR) is 123 cm³/mol. The quantitative estimate of drug-likeness (QED) is 0.250. The van der Waals surface area contributed by atoms with Crippen LogP contribution in [0.2, 0.25) is 0 Å². The van der Waals surface area contributed by atoms with Crippen molar-refractivity contribution in [2.24, 2.45) is 0 Å². The van der Waals surface area contributed by atoms with Crippen LogP contribution in [0.5, 0.6) is 11.5 Å². The van der Waals surface area contributed by atoms with Gasteiger partial charge in [0.05, 0.1) is 18.4 Å². The van der Waals surface area contributed by atoms with Crippen molar-refractivity contribution in [2.45, 2.75) is 24.2 Å². The SMILES string of the molecule is CCOC(=O)C1=C(CSc2nnc([C@H]3COc4ccccc4O3)n2N)NC(=O)N[C@H]1c1ccco1. The molecule has 0 bridgehead atoms. The van der Waals surface area contributed by atoms with Crippen LogP contribution in [0, 0.1) is 0 Å². The molecule has 35 heavy (non-hydrogen) atoms. The van der Waals surface area contributed by atoms with Crippen molar-refractivity contribution in [1.82, 2.24) is 25.5 Å². The molecule has 4 N–H and O–H groups in total. The zero-order valence-electron chi connectivity index (χ0n) is 18.6. The molecule has 0 spiro atoms. The lowest BCUT2D eigenvalue weighted by molar-refractivity contribution is -0.139. The van der Waals surface area contributed by atoms with E-state index in [-0.39, 0.29) is 24.5 Å². The molecule has 182 valence electrons. The van der Waals surface area contributed by atoms with Gasteiger partial charge in [0, 0.05) is 11.4 Å². The number of nitrogen functional groups attached to an aromatic ring is 1. The number of furan rings is 1. The summed E-state index contributed by atoms with van der Waals surface area (Å²) in [4.78, 5) is 25.1. The Balaban J connectivity index is 1.38. The standard InChI is InChI=1S/C22H22N6O6S/c1-2-31-20(29)17-12(24-21(30)25-18(17)15-8-5-9-32-15)11-35-22-27-26-19(28(22)23)16-10-33-13-6-3-4-7-14(13)34-16/h3-9,16,18H,2,10-11,23H2,1H3,(H2,24,25,30)/t16-,18+/m1/s1. The van der Waals surface area contributed by atoms with Crippen molar-refractivity contribution < 1.29 is 28.2 Å². The number of amides is 2. The Bertz CT molecular complexity index is 1270. The lowest BCUT2D eigenvalue weighted by atomic mass is 10.0. The third-order valence-corrected chi connectivity index (χ3v) is 6.28. The van der Waals surface area contributed by atoms with E-state index in [1.807, 2.05) is 18.2 Å². The van der Waals surface area contributed by atoms with Crippen LogP contribution < -0.4 is 25.9 Å². The summed E-state index contributed by atoms with van der Waals surface area (Å²) in [7, 11) is 0. The van der Waals surface area contributed by atoms with E-state index in [1.54, 1.807) is 25.1 Å². The van der Waals surface area contributed by atoms with Gasteiger partial charge >= 0.3 is 12.0 Å². The average molecular weight is 499 g/mol. The molecule has 0 saturated heterocycles. The second-order valence-corrected chi connectivity index (χ2v) is 8.47. The van der Waals surface area contributed by atoms with Crippen molar-refractivity contribution in [2.75, 3.05) is 24.8 Å². The molecule has 0 radical (unpaired) electrons. The van der Waals surface area contributed by atoms with Crippen molar-refractivity contribution in [3.63, 3.8) is 0 Å². The predicted octanol–water partition coefficient (Wildman–Crippen LogP) is 2.06. The first-order chi connectivity index (χ1) is 17.0. The minimum absolute atomic E-state index is 0.166. The monoisotopic (exact) mass is 498 g/mol. The lowest BCUT2D eigenvalue weighted by Gasteiger charge is -2.27. The number of nitrogens with one attached hydrogen (secondary N) is 2. The number of carbonyl (C=O) groups is 2. The van der Waals surface area contributed by atoms with E-state index >= 15 is 0 Å². The molecule has 0 fully saturated rings. The van der Waals surface area contributed by atoms with Gasteiger partial charge in [0.2, 0.25) is 5.16 Å². The molecule has 0 saturated carbocycles. The second-order valence-electron chi connectivity index (χ2n) is 7.52. The van der Waals surface area contributed by atoms with Crippen LogP contribution in [0.15, 0.2) is 63.5 Å². The van der Waals surface area contributed by atoms with Crippen LogP contribution in [-0.2, 0) is 9.53 Å². The number of hydrogen-bond donors (Lipinski definition) is 3. The van der Waals surface area contributed by atoms with Gasteiger partial charge < -0.3 is 35.1 Å². The number of esters is 1. The molecule has 0 aliphatic carbocycles. The van der Waals surface area contributed by atoms with Crippen LogP contribution in [0.1, 0.15) is 30.7 Å². The summed E-state index contributed by atoms with van der Waals surface area (Å²) in [5, 5.41) is 14.1. The molecule has 2 aliphatic rings. The van der Waals surface area contributed by atoms with Crippen molar-refractivity contribution >= 4 is 23.8 Å². The number of thioether (sulfide) groups is 1. The Morgan fingerprint density at radius 2 is 2.09 bits per heavy atom. The molecule has 4 heterocycles. The Morgan fingerprint density at radius 1 is 1.26 bits per heavy atom. The Hall–Kier alpha value is -4.13. The first-order valence-electron chi connectivity index (χ1n) is 10.8. The van der Waals surface area contributed by atoms with Crippen LogP contribution in [0.3, 0.4) is 0 Å². The molecule has 13 heteroatoms. The molecule has 1 aromatic carbocycles. The summed E-state index contributed by atoms with van der Waals surface area (Å²) >= 11 is 1.19. The van der Waals surface area contributed by atoms with Gasteiger partial charge in [0.25, 0.3) is 0 Å². The highest BCUT2D eigenvalue weighted by molar-refractivity contribution is 7.99. The molecule has 3 aromatic rings. The van der Waals surface area contributed by atoms with E-state index in [0.717, 1.165) is 0 Å². The Kier molecular flexibility index (Phi) is 6.23. The van der Waals surface area contributed by atoms with Gasteiger partial charge in [-0.25, -0.2) is 14.3 Å². The van der Waals surface area contributed by atoms with E-state index in [4.69, 9.17) is 24.5 Å². The van der Waals surface area contributed by atoms with Gasteiger partial charge in [-0.05, 0) is 31.2 Å². The van der Waals surface area contributed by atoms with Gasteiger partial charge in [0.1, 0.15) is 18.4 Å². The number of aromatic nitrogens is 3. The summed E-state index contributed by atoms with van der Waals surface area (Å²) in [6, 6.07) is 9.39. The average Bonchev–Trinajstić information content (AvgIpc) is 3.52. The molecule has 12 nitrogen and oxygen atoms in total. The number of hydrogen-bond acceptors (Lipinski definition) is 10. The number of benzene rings is 1. The van der Waals surface area contributed by atoms with Gasteiger partial charge in [-0.3, -0.25) is 0 Å². The number of nitrogens with two attached hydrogens (primary N) is 1. The van der Waals surface area contributed by atoms with E-state index in [1.165, 1.54) is 22.7 Å². The van der Waals surface area contributed by atoms with E-state index < -0.39 is 24.1 Å². The van der Waals surface area contributed by atoms with E-state index in [9.17, 15) is 9.59 Å². The summed E-state index contributed by atoms with van der Waals surface area (Å²) < 4.78 is 23.7. The zero-order chi connectivity index (χ0) is 24.4. The highest BCUT2D eigenvalue weighted by Crippen LogP contribution is 2.36. The van der Waals surface area contributed by atoms with Crippen molar-refractivity contribution in [3.8, 4) is 11.5 Å². The lowest BCUT2D eigenvalue weighted by Crippen LogP contribution is -2.46. The molecular formula is C22H22N6O6S. The number of carbonyl (C=O) groups excluding carboxylic acids is 2. The molecule has 2 aliphatic heterocycles. The van der Waals surface area contributed by atoms with E-state index in [0.29, 0.717) is 33.9 Å². The smallest absolute Gasteiger partial charge is 0.338 e. The first kappa shape index (κ1) is 22.7. The Labute approximate surface area is 203 Å². The maximum atomic E-state index is 12.8. The third-order valence-electron chi connectivity index (χ3n) is 5.31. The van der Waals surface area contributed by atoms with Gasteiger partial charge in [-0.15, -0.1) is 10.2 Å². The minimum Gasteiger partial charge on any atom is -0.485 e. The number of nitrogens with zero attached hydrogens (tertiary/aromatic N) is 3. The number of para-hydroxylation sites is 2. The minimum atomic E-state index is -0.799. The molecule has 2 aromatic heterocycles. The largest absolute Gasteiger partial charge is 0.485 e. The molecule has 2 amide bonds. The fraction of sp³-hybridized carbons (Fsp3) is 0.273. The number of ether oxygens (including phenoxy) is 3. The van der Waals surface area contributed by atoms with Crippen molar-refractivity contribution in [3.05, 3.63) is 65.5 Å². The fourth-order valence-electron chi connectivity index (χ4n) is 3.74. The summed E-state index contributed by atoms with van der Waals surface area (Å²) in [6.45, 7) is 2.11. The van der Waals surface area contributed by atoms with E-state index in [2.05, 4.69) is 20.8 Å².